The molecule has 208 valence electrons. The van der Waals surface area contributed by atoms with Crippen LogP contribution >= 0.6 is 23.1 Å². The molecule has 1 aromatic heterocycles. The fourth-order valence-corrected chi connectivity index (χ4v) is 8.05. The molecule has 9 nitrogen and oxygen atoms in total. The Morgan fingerprint density at radius 3 is 2.12 bits per heavy atom. The van der Waals surface area contributed by atoms with E-state index in [1.807, 2.05) is 30.3 Å². The summed E-state index contributed by atoms with van der Waals surface area (Å²) in [6, 6.07) is 23.1. The Kier molecular flexibility index (Phi) is 7.14. The number of thiazole rings is 1. The lowest BCUT2D eigenvalue weighted by Gasteiger charge is -2.30. The number of methoxy groups -OCH3 is 2. The summed E-state index contributed by atoms with van der Waals surface area (Å²) in [6.07, 6.45) is 0. The van der Waals surface area contributed by atoms with Gasteiger partial charge in [-0.15, -0.1) is 0 Å². The minimum absolute atomic E-state index is 0.229. The summed E-state index contributed by atoms with van der Waals surface area (Å²) in [7, 11) is 3.11. The highest BCUT2D eigenvalue weighted by atomic mass is 32.2. The van der Waals surface area contributed by atoms with Crippen molar-refractivity contribution in [2.24, 2.45) is 5.92 Å². The van der Waals surface area contributed by atoms with E-state index in [1.54, 1.807) is 62.8 Å². The zero-order valence-corrected chi connectivity index (χ0v) is 23.7. The second-order valence-corrected chi connectivity index (χ2v) is 11.7. The molecule has 3 amide bonds. The SMILES string of the molecule is COc1ccc(NC(=O)Cn2c3c(sc2=O)[C@@H](c2ccccc2)[C@@H]2C(=O)N(c4ccc(OC)cc4)C(=O)[C@@H]2S3)cc1. The molecule has 41 heavy (non-hydrogen) atoms. The second-order valence-electron chi connectivity index (χ2n) is 9.56. The topological polar surface area (TPSA) is 107 Å². The quantitative estimate of drug-likeness (QED) is 0.320. The van der Waals surface area contributed by atoms with Gasteiger partial charge in [0, 0.05) is 16.5 Å². The van der Waals surface area contributed by atoms with Crippen molar-refractivity contribution in [2.75, 3.05) is 24.4 Å². The van der Waals surface area contributed by atoms with Crippen molar-refractivity contribution < 1.29 is 23.9 Å². The van der Waals surface area contributed by atoms with Crippen molar-refractivity contribution in [3.05, 3.63) is 99.0 Å². The molecule has 3 aromatic carbocycles. The summed E-state index contributed by atoms with van der Waals surface area (Å²) in [4.78, 5) is 55.6. The molecule has 0 bridgehead atoms. The lowest BCUT2D eigenvalue weighted by Crippen LogP contribution is -2.33. The van der Waals surface area contributed by atoms with E-state index in [2.05, 4.69) is 5.32 Å². The number of aromatic nitrogens is 1. The summed E-state index contributed by atoms with van der Waals surface area (Å²) in [5.41, 5.74) is 1.86. The number of ether oxygens (including phenoxy) is 2. The van der Waals surface area contributed by atoms with Crippen LogP contribution in [0, 0.1) is 5.92 Å². The minimum Gasteiger partial charge on any atom is -0.497 e. The van der Waals surface area contributed by atoms with Gasteiger partial charge in [-0.25, -0.2) is 4.90 Å². The highest BCUT2D eigenvalue weighted by Crippen LogP contribution is 2.53. The Labute approximate surface area is 243 Å². The molecular formula is C30H25N3O6S2. The summed E-state index contributed by atoms with van der Waals surface area (Å²) in [6.45, 7) is -0.229. The zero-order chi connectivity index (χ0) is 28.7. The molecule has 0 spiro atoms. The largest absolute Gasteiger partial charge is 0.497 e. The van der Waals surface area contributed by atoms with Gasteiger partial charge in [0.05, 0.1) is 30.9 Å². The first kappa shape index (κ1) is 26.9. The normalized spacial score (nSPS) is 19.5. The van der Waals surface area contributed by atoms with E-state index in [0.717, 1.165) is 16.9 Å². The predicted octanol–water partition coefficient (Wildman–Crippen LogP) is 4.36. The monoisotopic (exact) mass is 587 g/mol. The van der Waals surface area contributed by atoms with Crippen LogP contribution in [0.2, 0.25) is 0 Å². The Bertz CT molecular complexity index is 1680. The maximum absolute atomic E-state index is 13.9. The van der Waals surface area contributed by atoms with Crippen LogP contribution in [0.4, 0.5) is 11.4 Å². The molecule has 6 rings (SSSR count). The van der Waals surface area contributed by atoms with Crippen molar-refractivity contribution in [1.82, 2.24) is 4.57 Å². The molecule has 3 heterocycles. The first-order valence-electron chi connectivity index (χ1n) is 12.8. The first-order chi connectivity index (χ1) is 19.9. The van der Waals surface area contributed by atoms with Crippen LogP contribution in [0.5, 0.6) is 11.5 Å². The van der Waals surface area contributed by atoms with Crippen molar-refractivity contribution in [1.29, 1.82) is 0 Å². The number of rotatable bonds is 7. The van der Waals surface area contributed by atoms with Crippen molar-refractivity contribution in [3.63, 3.8) is 0 Å². The number of amides is 3. The third-order valence-electron chi connectivity index (χ3n) is 7.21. The van der Waals surface area contributed by atoms with Gasteiger partial charge in [-0.3, -0.25) is 23.7 Å². The molecular weight excluding hydrogens is 562 g/mol. The fraction of sp³-hybridized carbons (Fsp3) is 0.200. The van der Waals surface area contributed by atoms with Crippen LogP contribution < -0.4 is 24.6 Å². The Morgan fingerprint density at radius 2 is 1.49 bits per heavy atom. The molecule has 3 atom stereocenters. The summed E-state index contributed by atoms with van der Waals surface area (Å²) in [5, 5.41) is 2.59. The summed E-state index contributed by atoms with van der Waals surface area (Å²) >= 11 is 2.20. The zero-order valence-electron chi connectivity index (χ0n) is 22.1. The molecule has 0 unspecified atom stereocenters. The van der Waals surface area contributed by atoms with Crippen LogP contribution in [0.1, 0.15) is 16.4 Å². The van der Waals surface area contributed by atoms with Gasteiger partial charge in [0.2, 0.25) is 17.7 Å². The number of benzene rings is 3. The molecule has 4 aromatic rings. The third-order valence-corrected chi connectivity index (χ3v) is 9.82. The highest BCUT2D eigenvalue weighted by Gasteiger charge is 2.56. The highest BCUT2D eigenvalue weighted by molar-refractivity contribution is 8.00. The molecule has 11 heteroatoms. The van der Waals surface area contributed by atoms with Crippen LogP contribution in [0.3, 0.4) is 0 Å². The molecule has 0 saturated carbocycles. The van der Waals surface area contributed by atoms with Gasteiger partial charge >= 0.3 is 4.87 Å². The van der Waals surface area contributed by atoms with Crippen LogP contribution in [0.15, 0.2) is 88.7 Å². The van der Waals surface area contributed by atoms with Crippen LogP contribution in [-0.4, -0.2) is 41.8 Å². The molecule has 1 saturated heterocycles. The van der Waals surface area contributed by atoms with Crippen molar-refractivity contribution in [3.8, 4) is 11.5 Å². The lowest BCUT2D eigenvalue weighted by atomic mass is 9.83. The van der Waals surface area contributed by atoms with E-state index in [-0.39, 0.29) is 29.1 Å². The standard InChI is InChI=1S/C30H25N3O6S2/c1-38-20-12-8-18(9-13-20)31-22(34)16-32-29-26(41-30(32)37)23(17-6-4-3-5-7-17)24-25(40-29)28(36)33(27(24)35)19-10-14-21(39-2)15-11-19/h3-15,23-25H,16H2,1-2H3,(H,31,34)/t23-,24-,25+/m0/s1. The van der Waals surface area contributed by atoms with E-state index >= 15 is 0 Å². The average molecular weight is 588 g/mol. The lowest BCUT2D eigenvalue weighted by molar-refractivity contribution is -0.122. The van der Waals surface area contributed by atoms with Gasteiger partial charge in [0.15, 0.2) is 0 Å². The van der Waals surface area contributed by atoms with Gasteiger partial charge in [0.1, 0.15) is 23.3 Å². The number of fused-ring (bicyclic) bond motifs is 2. The number of carbonyl (C=O) groups is 3. The molecule has 0 aliphatic carbocycles. The number of hydrogen-bond acceptors (Lipinski definition) is 8. The van der Waals surface area contributed by atoms with Gasteiger partial charge in [-0.2, -0.15) is 0 Å². The third kappa shape index (κ3) is 4.81. The number of anilines is 2. The molecule has 2 aliphatic rings. The van der Waals surface area contributed by atoms with E-state index in [0.29, 0.717) is 32.8 Å². The number of nitrogens with one attached hydrogen (secondary N) is 1. The van der Waals surface area contributed by atoms with E-state index in [9.17, 15) is 19.2 Å². The smallest absolute Gasteiger partial charge is 0.308 e. The van der Waals surface area contributed by atoms with Crippen LogP contribution in [0.25, 0.3) is 0 Å². The van der Waals surface area contributed by atoms with E-state index in [4.69, 9.17) is 9.47 Å². The molecule has 0 radical (unpaired) electrons. The van der Waals surface area contributed by atoms with E-state index in [1.165, 1.54) is 21.2 Å². The molecule has 1 N–H and O–H groups in total. The number of imide groups is 1. The van der Waals surface area contributed by atoms with Gasteiger partial charge in [0.25, 0.3) is 0 Å². The first-order valence-corrected chi connectivity index (χ1v) is 14.5. The Balaban J connectivity index is 1.36. The van der Waals surface area contributed by atoms with Gasteiger partial charge in [-0.1, -0.05) is 53.4 Å². The Hall–Kier alpha value is -4.35. The Morgan fingerprint density at radius 1 is 0.854 bits per heavy atom. The second kappa shape index (κ2) is 10.9. The average Bonchev–Trinajstić information content (AvgIpc) is 3.44. The number of nitrogens with zero attached hydrogens (tertiary/aromatic N) is 2. The summed E-state index contributed by atoms with van der Waals surface area (Å²) < 4.78 is 11.8. The van der Waals surface area contributed by atoms with Gasteiger partial charge < -0.3 is 14.8 Å². The van der Waals surface area contributed by atoms with E-state index < -0.39 is 17.1 Å². The molecule has 2 aliphatic heterocycles. The number of hydrogen-bond donors (Lipinski definition) is 1. The number of thioether (sulfide) groups is 1. The fourth-order valence-electron chi connectivity index (χ4n) is 5.28. The van der Waals surface area contributed by atoms with Crippen LogP contribution in [-0.2, 0) is 20.9 Å². The maximum atomic E-state index is 13.9. The van der Waals surface area contributed by atoms with Gasteiger partial charge in [-0.05, 0) is 54.1 Å². The minimum atomic E-state index is -0.757. The predicted molar refractivity (Wildman–Crippen MR) is 157 cm³/mol. The summed E-state index contributed by atoms with van der Waals surface area (Å²) in [5.74, 6) is -1.00. The molecule has 1 fully saturated rings. The van der Waals surface area contributed by atoms with Crippen molar-refractivity contribution in [2.45, 2.75) is 22.7 Å². The van der Waals surface area contributed by atoms with Crippen molar-refractivity contribution >= 4 is 52.2 Å². The number of carbonyl (C=O) groups excluding carboxylic acids is 3. The maximum Gasteiger partial charge on any atom is 0.308 e.